The second-order valence-electron chi connectivity index (χ2n) is 27.8. The van der Waals surface area contributed by atoms with Crippen LogP contribution in [0.2, 0.25) is 0 Å². The molecule has 0 aliphatic carbocycles. The normalized spacial score (nSPS) is 11.7. The molecule has 0 bridgehead atoms. The SMILES string of the molecule is CC.CC.Cc1ccc(-c2cc3c(-c4ccc(C)s4)c4sc(-c5ccc(-c6cc7c(=O)n(-c8ccccc8)c(=O)c8cc(C)sc8c7s6)s5)cc4c(-c4ccc(C)s4)c3s2)s1.Cc1ccc(-c2cc3c(-c4ccc(C)s4)c4sc(-c5ccc(-c6cc7c(=O)n(-c8cccs8)c(=O)c8cc(C)sc8c7s6)s5)cc4c(-c4ccc(C)s4)c3s2)s1. The van der Waals surface area contributed by atoms with E-state index < -0.39 is 0 Å². The number of hydrogen-bond donors (Lipinski definition) is 0. The standard InChI is InChI=1S/C46H29NO2S8.C44H27NO2S9.2C2H6/c1-22-10-13-31(50-22)36-19-27-39(34-14-11-23(2)51-34)42-28(40(41(27)55-36)35-15-12-24(3)52-35)20-37(56-42)32-16-17-33(54-32)38-21-30-44(57-38)43-29(18-25(4)53-43)45(48)47(46(30)49)26-8-6-5-7-9-26;1-20-7-10-28(49-20)33-17-24-37(31-11-8-21(2)50-31)40-25(38(39(24)54-33)32-12-9-22(3)51-32)18-34(55-40)29-13-14-30(53-29)35-19-27-42(56-35)41-26(16-23(4)52-41)43(46)45(44(27)47)36-6-5-15-48-36;2*1-2/h5-21H,1-4H3;5-19H,1-4H3;2*1-2H3. The van der Waals surface area contributed by atoms with Crippen molar-refractivity contribution in [1.82, 2.24) is 9.13 Å². The highest BCUT2D eigenvalue weighted by Crippen LogP contribution is 2.58. The monoisotopic (exact) mass is 1830 g/mol. The molecule has 19 aromatic heterocycles. The molecule has 0 fully saturated rings. The first-order valence-corrected chi connectivity index (χ1v) is 51.8. The lowest BCUT2D eigenvalue weighted by atomic mass is 9.99. The molecule has 22 aromatic rings. The molecule has 0 unspecified atom stereocenters. The zero-order valence-corrected chi connectivity index (χ0v) is 78.8. The van der Waals surface area contributed by atoms with Gasteiger partial charge in [0.25, 0.3) is 22.2 Å². The van der Waals surface area contributed by atoms with Crippen LogP contribution in [0, 0.1) is 55.4 Å². The Morgan fingerprint density at radius 2 is 0.462 bits per heavy atom. The van der Waals surface area contributed by atoms with E-state index in [1.165, 1.54) is 171 Å². The van der Waals surface area contributed by atoms with Crippen LogP contribution in [0.1, 0.15) is 66.7 Å². The molecule has 0 aliphatic rings. The van der Waals surface area contributed by atoms with Crippen molar-refractivity contribution in [3.05, 3.63) is 274 Å². The summed E-state index contributed by atoms with van der Waals surface area (Å²) in [6.45, 7) is 25.2. The lowest BCUT2D eigenvalue weighted by molar-refractivity contribution is 0.976. The number of nitrogens with zero attached hydrogens (tertiary/aromatic N) is 2. The van der Waals surface area contributed by atoms with E-state index in [0.717, 1.165) is 48.1 Å². The Labute approximate surface area is 741 Å². The smallest absolute Gasteiger partial charge is 0.267 e. The van der Waals surface area contributed by atoms with Gasteiger partial charge in [-0.3, -0.25) is 19.2 Å². The topological polar surface area (TPSA) is 78.1 Å². The summed E-state index contributed by atoms with van der Waals surface area (Å²) >= 11 is 30.2. The number of aryl methyl sites for hydroxylation is 8. The summed E-state index contributed by atoms with van der Waals surface area (Å²) in [6.07, 6.45) is 0. The summed E-state index contributed by atoms with van der Waals surface area (Å²) in [6, 6.07) is 66.6. The van der Waals surface area contributed by atoms with E-state index in [1.54, 1.807) is 68.0 Å². The van der Waals surface area contributed by atoms with Gasteiger partial charge in [0.2, 0.25) is 0 Å². The second-order valence-corrected chi connectivity index (χ2v) is 47.4. The molecule has 22 rings (SSSR count). The fourth-order valence-electron chi connectivity index (χ4n) is 15.1. The first-order chi connectivity index (χ1) is 56.9. The minimum atomic E-state index is -0.281. The number of hydrogen-bond acceptors (Lipinski definition) is 21. The van der Waals surface area contributed by atoms with Crippen LogP contribution in [-0.2, 0) is 0 Å². The van der Waals surface area contributed by atoms with E-state index in [0.29, 0.717) is 32.2 Å². The molecule has 0 atom stereocenters. The Kier molecular flexibility index (Phi) is 21.4. The largest absolute Gasteiger partial charge is 0.268 e. The maximum absolute atomic E-state index is 14.3. The average Bonchev–Trinajstić information content (AvgIpc) is 1.57. The molecule has 23 heteroatoms. The maximum atomic E-state index is 14.3. The number of thiophene rings is 17. The van der Waals surface area contributed by atoms with Gasteiger partial charge >= 0.3 is 0 Å². The van der Waals surface area contributed by atoms with Gasteiger partial charge in [0.15, 0.2) is 0 Å². The molecule has 0 radical (unpaired) electrons. The molecule has 19 heterocycles. The van der Waals surface area contributed by atoms with E-state index in [2.05, 4.69) is 163 Å². The Morgan fingerprint density at radius 1 is 0.205 bits per heavy atom. The van der Waals surface area contributed by atoms with Gasteiger partial charge in [0, 0.05) is 180 Å². The fraction of sp³-hybridized carbons (Fsp3) is 0.128. The second kappa shape index (κ2) is 31.8. The van der Waals surface area contributed by atoms with Crippen molar-refractivity contribution in [1.29, 1.82) is 0 Å². The quantitative estimate of drug-likeness (QED) is 0.122. The van der Waals surface area contributed by atoms with Gasteiger partial charge in [-0.1, -0.05) is 45.9 Å². The number of fused-ring (bicyclic) bond motifs is 10. The van der Waals surface area contributed by atoms with Gasteiger partial charge in [-0.25, -0.2) is 9.13 Å². The van der Waals surface area contributed by atoms with Crippen LogP contribution in [0.4, 0.5) is 0 Å². The number of para-hydroxylation sites is 1. The third-order valence-corrected chi connectivity index (χ3v) is 39.7. The summed E-state index contributed by atoms with van der Waals surface area (Å²) in [5, 5.41) is 10.2. The summed E-state index contributed by atoms with van der Waals surface area (Å²) in [7, 11) is 0. The van der Waals surface area contributed by atoms with E-state index in [-0.39, 0.29) is 22.2 Å². The summed E-state index contributed by atoms with van der Waals surface area (Å²) < 4.78 is 11.6. The molecule has 0 amide bonds. The first kappa shape index (κ1) is 78.7. The number of benzene rings is 3. The molecular weight excluding hydrogens is 1770 g/mol. The number of rotatable bonds is 12. The number of aromatic nitrogens is 2. The maximum Gasteiger partial charge on any atom is 0.267 e. The highest BCUT2D eigenvalue weighted by molar-refractivity contribution is 7.35. The van der Waals surface area contributed by atoms with Crippen molar-refractivity contribution in [3.63, 3.8) is 0 Å². The lowest BCUT2D eigenvalue weighted by Gasteiger charge is -2.09. The first-order valence-electron chi connectivity index (χ1n) is 37.9. The van der Waals surface area contributed by atoms with E-state index in [1.807, 2.05) is 227 Å². The molecule has 3 aromatic carbocycles. The van der Waals surface area contributed by atoms with Crippen molar-refractivity contribution in [2.45, 2.75) is 83.1 Å². The summed E-state index contributed by atoms with van der Waals surface area (Å²) in [4.78, 5) is 85.9. The van der Waals surface area contributed by atoms with Crippen molar-refractivity contribution in [2.24, 2.45) is 0 Å². The van der Waals surface area contributed by atoms with Crippen molar-refractivity contribution >= 4 is 273 Å². The summed E-state index contributed by atoms with van der Waals surface area (Å²) in [5.41, 5.74) is 4.85. The summed E-state index contributed by atoms with van der Waals surface area (Å²) in [5.74, 6) is 0. The molecule has 0 spiro atoms. The Bertz CT molecular complexity index is 7730. The van der Waals surface area contributed by atoms with Crippen LogP contribution < -0.4 is 22.2 Å². The van der Waals surface area contributed by atoms with Gasteiger partial charge in [-0.15, -0.1) is 193 Å². The van der Waals surface area contributed by atoms with Crippen LogP contribution in [0.3, 0.4) is 0 Å². The van der Waals surface area contributed by atoms with Crippen molar-refractivity contribution in [2.75, 3.05) is 0 Å². The molecule has 0 saturated carbocycles. The zero-order chi connectivity index (χ0) is 80.7. The molecule has 0 aliphatic heterocycles. The van der Waals surface area contributed by atoms with Crippen LogP contribution >= 0.6 is 193 Å². The Morgan fingerprint density at radius 3 is 0.752 bits per heavy atom. The van der Waals surface area contributed by atoms with Crippen molar-refractivity contribution < 1.29 is 0 Å². The van der Waals surface area contributed by atoms with Gasteiger partial charge in [0.1, 0.15) is 5.00 Å². The molecule has 6 nitrogen and oxygen atoms in total. The van der Waals surface area contributed by atoms with Crippen molar-refractivity contribution in [3.8, 4) is 111 Å². The van der Waals surface area contributed by atoms with E-state index >= 15 is 0 Å². The lowest BCUT2D eigenvalue weighted by Crippen LogP contribution is -2.28. The Hall–Kier alpha value is -8.12. The highest BCUT2D eigenvalue weighted by Gasteiger charge is 2.29. The molecular formula is C94H68N2O4S17. The molecule has 580 valence electrons. The van der Waals surface area contributed by atoms with Crippen LogP contribution in [-0.4, -0.2) is 9.13 Å². The van der Waals surface area contributed by atoms with E-state index in [4.69, 9.17) is 0 Å². The van der Waals surface area contributed by atoms with Gasteiger partial charge in [0.05, 0.1) is 46.0 Å². The minimum Gasteiger partial charge on any atom is -0.268 e. The molecule has 0 N–H and O–H groups in total. The molecule has 117 heavy (non-hydrogen) atoms. The predicted molar refractivity (Wildman–Crippen MR) is 536 cm³/mol. The predicted octanol–water partition coefficient (Wildman–Crippen LogP) is 33.9. The van der Waals surface area contributed by atoms with E-state index in [9.17, 15) is 19.2 Å². The fourth-order valence-corrected chi connectivity index (χ4v) is 33.6. The highest BCUT2D eigenvalue weighted by atomic mass is 32.2. The molecule has 0 saturated heterocycles. The third kappa shape index (κ3) is 13.9. The Balaban J connectivity index is 0.000000150. The average molecular weight is 1830 g/mol. The van der Waals surface area contributed by atoms with Crippen LogP contribution in [0.15, 0.2) is 213 Å². The van der Waals surface area contributed by atoms with Gasteiger partial charge in [-0.2, -0.15) is 0 Å². The van der Waals surface area contributed by atoms with Crippen LogP contribution in [0.25, 0.3) is 192 Å². The van der Waals surface area contributed by atoms with Crippen LogP contribution in [0.5, 0.6) is 0 Å². The third-order valence-electron chi connectivity index (χ3n) is 20.1. The van der Waals surface area contributed by atoms with Gasteiger partial charge in [-0.05, 0) is 231 Å². The minimum absolute atomic E-state index is 0.253. The zero-order valence-electron chi connectivity index (χ0n) is 64.9. The van der Waals surface area contributed by atoms with Gasteiger partial charge < -0.3 is 0 Å².